The lowest BCUT2D eigenvalue weighted by atomic mass is 10.1. The molecule has 0 aliphatic carbocycles. The first-order valence-electron chi connectivity index (χ1n) is 10.6. The quantitative estimate of drug-likeness (QED) is 0.194. The fourth-order valence-electron chi connectivity index (χ4n) is 3.08. The molecule has 1 aliphatic rings. The van der Waals surface area contributed by atoms with Gasteiger partial charge in [-0.15, -0.1) is 0 Å². The van der Waals surface area contributed by atoms with Gasteiger partial charge in [-0.2, -0.15) is 0 Å². The molecule has 1 fully saturated rings. The van der Waals surface area contributed by atoms with E-state index in [-0.39, 0.29) is 12.2 Å². The second kappa shape index (κ2) is 13.6. The highest BCUT2D eigenvalue weighted by molar-refractivity contribution is 5.21. The van der Waals surface area contributed by atoms with Gasteiger partial charge in [0.2, 0.25) is 0 Å². The van der Waals surface area contributed by atoms with Crippen molar-refractivity contribution in [3.63, 3.8) is 0 Å². The molecule has 2 rings (SSSR count). The predicted octanol–water partition coefficient (Wildman–Crippen LogP) is 6.87. The molecule has 0 spiro atoms. The van der Waals surface area contributed by atoms with E-state index in [2.05, 4.69) is 31.2 Å². The van der Waals surface area contributed by atoms with Crippen LogP contribution in [0.15, 0.2) is 54.6 Å². The van der Waals surface area contributed by atoms with Gasteiger partial charge in [-0.25, -0.2) is 0 Å². The van der Waals surface area contributed by atoms with Crippen LogP contribution in [0.5, 0.6) is 5.75 Å². The van der Waals surface area contributed by atoms with Gasteiger partial charge in [0.05, 0.1) is 0 Å². The van der Waals surface area contributed by atoms with Crippen molar-refractivity contribution in [2.75, 3.05) is 6.61 Å². The molecule has 2 atom stereocenters. The largest absolute Gasteiger partial charge is 0.491 e. The van der Waals surface area contributed by atoms with Crippen molar-refractivity contribution in [3.05, 3.63) is 54.6 Å². The standard InChI is InChI=1S/C24H36O2/c1-2-3-4-5-6-7-8-9-10-11-12-13-17-20-23-24(26-23)21-25-22-18-15-14-16-19-22/h12-20,23-24H,2-11,21H2,1H3. The van der Waals surface area contributed by atoms with Gasteiger partial charge in [0, 0.05) is 0 Å². The fraction of sp³-hybridized carbons (Fsp3) is 0.583. The molecule has 0 amide bonds. The van der Waals surface area contributed by atoms with E-state index in [4.69, 9.17) is 9.47 Å². The molecule has 1 saturated heterocycles. The van der Waals surface area contributed by atoms with E-state index in [1.54, 1.807) is 0 Å². The summed E-state index contributed by atoms with van der Waals surface area (Å²) in [6, 6.07) is 9.91. The average Bonchev–Trinajstić information content (AvgIpc) is 3.43. The Balaban J connectivity index is 1.39. The monoisotopic (exact) mass is 356 g/mol. The molecule has 0 N–H and O–H groups in total. The van der Waals surface area contributed by atoms with Crippen molar-refractivity contribution < 1.29 is 9.47 Å². The third-order valence-electron chi connectivity index (χ3n) is 4.80. The minimum atomic E-state index is 0.206. The number of hydrogen-bond donors (Lipinski definition) is 0. The summed E-state index contributed by atoms with van der Waals surface area (Å²) < 4.78 is 11.3. The Morgan fingerprint density at radius 3 is 2.31 bits per heavy atom. The molecule has 1 aliphatic heterocycles. The maximum atomic E-state index is 5.70. The van der Waals surface area contributed by atoms with E-state index in [0.717, 1.165) is 5.75 Å². The number of unbranched alkanes of at least 4 members (excludes halogenated alkanes) is 9. The zero-order valence-corrected chi connectivity index (χ0v) is 16.4. The lowest BCUT2D eigenvalue weighted by molar-refractivity contribution is 0.261. The first-order valence-corrected chi connectivity index (χ1v) is 10.6. The second-order valence-corrected chi connectivity index (χ2v) is 7.19. The second-order valence-electron chi connectivity index (χ2n) is 7.19. The van der Waals surface area contributed by atoms with E-state index in [9.17, 15) is 0 Å². The van der Waals surface area contributed by atoms with Crippen LogP contribution in [0, 0.1) is 0 Å². The Morgan fingerprint density at radius 1 is 0.885 bits per heavy atom. The Hall–Kier alpha value is -1.54. The van der Waals surface area contributed by atoms with Crippen molar-refractivity contribution in [1.29, 1.82) is 0 Å². The van der Waals surface area contributed by atoms with Gasteiger partial charge in [-0.3, -0.25) is 0 Å². The topological polar surface area (TPSA) is 21.8 Å². The first kappa shape index (κ1) is 20.8. The van der Waals surface area contributed by atoms with Gasteiger partial charge in [0.15, 0.2) is 0 Å². The van der Waals surface area contributed by atoms with Crippen LogP contribution in [-0.4, -0.2) is 18.8 Å². The molecule has 0 radical (unpaired) electrons. The van der Waals surface area contributed by atoms with Gasteiger partial charge in [-0.1, -0.05) is 101 Å². The highest BCUT2D eigenvalue weighted by Gasteiger charge is 2.36. The summed E-state index contributed by atoms with van der Waals surface area (Å²) in [5.41, 5.74) is 0. The van der Waals surface area contributed by atoms with Crippen LogP contribution < -0.4 is 4.74 Å². The third-order valence-corrected chi connectivity index (χ3v) is 4.80. The molecule has 2 nitrogen and oxygen atoms in total. The molecule has 2 unspecified atom stereocenters. The van der Waals surface area contributed by atoms with Crippen molar-refractivity contribution in [2.24, 2.45) is 0 Å². The zero-order valence-electron chi connectivity index (χ0n) is 16.4. The van der Waals surface area contributed by atoms with Crippen molar-refractivity contribution in [2.45, 2.75) is 83.3 Å². The van der Waals surface area contributed by atoms with Crippen LogP contribution in [-0.2, 0) is 4.74 Å². The summed E-state index contributed by atoms with van der Waals surface area (Å²) in [6.45, 7) is 2.90. The van der Waals surface area contributed by atoms with Crippen molar-refractivity contribution in [1.82, 2.24) is 0 Å². The summed E-state index contributed by atoms with van der Waals surface area (Å²) in [6.07, 6.45) is 22.8. The predicted molar refractivity (Wildman–Crippen MR) is 111 cm³/mol. The summed E-state index contributed by atoms with van der Waals surface area (Å²) >= 11 is 0. The molecule has 1 heterocycles. The molecule has 0 saturated carbocycles. The molecule has 1 aromatic rings. The van der Waals surface area contributed by atoms with E-state index in [1.165, 1.54) is 64.2 Å². The number of allylic oxidation sites excluding steroid dienone is 3. The van der Waals surface area contributed by atoms with Gasteiger partial charge < -0.3 is 9.47 Å². The summed E-state index contributed by atoms with van der Waals surface area (Å²) in [4.78, 5) is 0. The van der Waals surface area contributed by atoms with Gasteiger partial charge >= 0.3 is 0 Å². The molecule has 0 bridgehead atoms. The molecule has 2 heteroatoms. The summed E-state index contributed by atoms with van der Waals surface area (Å²) in [7, 11) is 0. The highest BCUT2D eigenvalue weighted by Crippen LogP contribution is 2.24. The van der Waals surface area contributed by atoms with Crippen LogP contribution in [0.1, 0.15) is 71.1 Å². The van der Waals surface area contributed by atoms with Crippen LogP contribution in [0.3, 0.4) is 0 Å². The van der Waals surface area contributed by atoms with Crippen LogP contribution in [0.2, 0.25) is 0 Å². The Morgan fingerprint density at radius 2 is 1.58 bits per heavy atom. The number of hydrogen-bond acceptors (Lipinski definition) is 2. The lowest BCUT2D eigenvalue weighted by Crippen LogP contribution is -2.06. The Kier molecular flexibility index (Phi) is 10.9. The number of epoxide rings is 1. The fourth-order valence-corrected chi connectivity index (χ4v) is 3.08. The maximum Gasteiger partial charge on any atom is 0.122 e. The van der Waals surface area contributed by atoms with E-state index >= 15 is 0 Å². The first-order chi connectivity index (χ1) is 12.9. The summed E-state index contributed by atoms with van der Waals surface area (Å²) in [5.74, 6) is 0.909. The van der Waals surface area contributed by atoms with Crippen LogP contribution in [0.25, 0.3) is 0 Å². The van der Waals surface area contributed by atoms with Crippen molar-refractivity contribution >= 4 is 0 Å². The van der Waals surface area contributed by atoms with Crippen LogP contribution in [0.4, 0.5) is 0 Å². The Labute approximate surface area is 160 Å². The summed E-state index contributed by atoms with van der Waals surface area (Å²) in [5, 5.41) is 0. The third kappa shape index (κ3) is 9.82. The number of ether oxygens (including phenoxy) is 2. The molecule has 26 heavy (non-hydrogen) atoms. The Bertz CT molecular complexity index is 506. The van der Waals surface area contributed by atoms with Gasteiger partial charge in [-0.05, 0) is 25.0 Å². The zero-order chi connectivity index (χ0) is 18.3. The maximum absolute atomic E-state index is 5.70. The molecule has 1 aromatic carbocycles. The minimum Gasteiger partial charge on any atom is -0.491 e. The normalized spacial score (nSPS) is 19.4. The average molecular weight is 357 g/mol. The molecule has 144 valence electrons. The number of benzene rings is 1. The SMILES string of the molecule is CCCCCCCCCCCC=CC=CC1OC1COc1ccccc1. The number of para-hydroxylation sites is 1. The molecule has 0 aromatic heterocycles. The smallest absolute Gasteiger partial charge is 0.122 e. The van der Waals surface area contributed by atoms with Gasteiger partial charge in [0.1, 0.15) is 24.6 Å². The minimum absolute atomic E-state index is 0.206. The lowest BCUT2D eigenvalue weighted by Gasteiger charge is -2.02. The van der Waals surface area contributed by atoms with Crippen LogP contribution >= 0.6 is 0 Å². The highest BCUT2D eigenvalue weighted by atomic mass is 16.6. The molecular formula is C24H36O2. The van der Waals surface area contributed by atoms with Gasteiger partial charge in [0.25, 0.3) is 0 Å². The van der Waals surface area contributed by atoms with E-state index in [0.29, 0.717) is 6.61 Å². The molecular weight excluding hydrogens is 320 g/mol. The number of rotatable bonds is 15. The van der Waals surface area contributed by atoms with E-state index < -0.39 is 0 Å². The van der Waals surface area contributed by atoms with E-state index in [1.807, 2.05) is 30.3 Å². The van der Waals surface area contributed by atoms with Crippen molar-refractivity contribution in [3.8, 4) is 5.75 Å².